The average Bonchev–Trinajstić information content (AvgIpc) is 2.52. The number of urea groups is 1. The van der Waals surface area contributed by atoms with Gasteiger partial charge in [0.05, 0.1) is 0 Å². The van der Waals surface area contributed by atoms with Crippen LogP contribution in [0.4, 0.5) is 4.79 Å². The molecule has 2 aliphatic heterocycles. The number of piperidine rings is 2. The van der Waals surface area contributed by atoms with Gasteiger partial charge in [0, 0.05) is 25.7 Å². The van der Waals surface area contributed by atoms with Crippen molar-refractivity contribution in [1.82, 2.24) is 15.1 Å². The van der Waals surface area contributed by atoms with E-state index in [1.165, 1.54) is 25.9 Å². The van der Waals surface area contributed by atoms with Crippen molar-refractivity contribution in [1.29, 1.82) is 0 Å². The van der Waals surface area contributed by atoms with Gasteiger partial charge in [0.25, 0.3) is 0 Å². The second-order valence-corrected chi connectivity index (χ2v) is 8.89. The molecule has 2 fully saturated rings. The highest BCUT2D eigenvalue weighted by Crippen LogP contribution is 2.34. The van der Waals surface area contributed by atoms with E-state index < -0.39 is 0 Å². The molecule has 2 saturated heterocycles. The summed E-state index contributed by atoms with van der Waals surface area (Å²) in [5, 5.41) is 3.19. The molecule has 0 saturated carbocycles. The molecule has 0 bridgehead atoms. The molecule has 23 heavy (non-hydrogen) atoms. The van der Waals surface area contributed by atoms with Crippen LogP contribution in [0.15, 0.2) is 0 Å². The van der Waals surface area contributed by atoms with Crippen molar-refractivity contribution in [3.63, 3.8) is 0 Å². The monoisotopic (exact) mass is 323 g/mol. The van der Waals surface area contributed by atoms with Gasteiger partial charge in [0.2, 0.25) is 0 Å². The Morgan fingerprint density at radius 3 is 2.09 bits per heavy atom. The lowest BCUT2D eigenvalue weighted by atomic mass is 9.75. The fraction of sp³-hybridized carbons (Fsp3) is 0.947. The van der Waals surface area contributed by atoms with Gasteiger partial charge >= 0.3 is 6.03 Å². The second-order valence-electron chi connectivity index (χ2n) is 8.89. The summed E-state index contributed by atoms with van der Waals surface area (Å²) in [6.07, 6.45) is 4.71. The minimum Gasteiger partial charge on any atom is -0.338 e. The number of rotatable bonds is 3. The minimum absolute atomic E-state index is 0.156. The van der Waals surface area contributed by atoms with Crippen LogP contribution in [-0.4, -0.2) is 54.6 Å². The van der Waals surface area contributed by atoms with E-state index in [1.54, 1.807) is 0 Å². The highest BCUT2D eigenvalue weighted by Gasteiger charge is 2.30. The number of amides is 2. The number of likely N-dealkylation sites (tertiary alicyclic amines) is 2. The first-order valence-corrected chi connectivity index (χ1v) is 9.54. The van der Waals surface area contributed by atoms with Crippen molar-refractivity contribution < 1.29 is 4.79 Å². The summed E-state index contributed by atoms with van der Waals surface area (Å²) in [5.74, 6) is 1.40. The first kappa shape index (κ1) is 18.6. The summed E-state index contributed by atoms with van der Waals surface area (Å²) >= 11 is 0. The summed E-state index contributed by atoms with van der Waals surface area (Å²) in [7, 11) is 0. The molecule has 2 aliphatic rings. The molecule has 134 valence electrons. The Labute approximate surface area is 143 Å². The summed E-state index contributed by atoms with van der Waals surface area (Å²) < 4.78 is 0. The molecule has 0 unspecified atom stereocenters. The van der Waals surface area contributed by atoms with Crippen molar-refractivity contribution in [2.45, 2.75) is 66.3 Å². The molecule has 2 rings (SSSR count). The third kappa shape index (κ3) is 5.37. The van der Waals surface area contributed by atoms with Gasteiger partial charge in [-0.25, -0.2) is 4.79 Å². The summed E-state index contributed by atoms with van der Waals surface area (Å²) in [4.78, 5) is 16.9. The molecule has 2 amide bonds. The third-order valence-electron chi connectivity index (χ3n) is 5.93. The van der Waals surface area contributed by atoms with Gasteiger partial charge in [0.15, 0.2) is 0 Å². The summed E-state index contributed by atoms with van der Waals surface area (Å²) in [5.41, 5.74) is 0.368. The van der Waals surface area contributed by atoms with E-state index in [-0.39, 0.29) is 6.03 Å². The Morgan fingerprint density at radius 2 is 1.61 bits per heavy atom. The fourth-order valence-corrected chi connectivity index (χ4v) is 3.97. The predicted octanol–water partition coefficient (Wildman–Crippen LogP) is 3.57. The average molecular weight is 324 g/mol. The van der Waals surface area contributed by atoms with Crippen molar-refractivity contribution in [3.8, 4) is 0 Å². The molecular weight excluding hydrogens is 286 g/mol. The van der Waals surface area contributed by atoms with Crippen LogP contribution >= 0.6 is 0 Å². The first-order valence-electron chi connectivity index (χ1n) is 9.54. The normalized spacial score (nSPS) is 22.6. The molecule has 4 nitrogen and oxygen atoms in total. The number of carbonyl (C=O) groups is 1. The molecular formula is C19H37N3O. The van der Waals surface area contributed by atoms with E-state index in [0.717, 1.165) is 38.4 Å². The molecule has 0 spiro atoms. The predicted molar refractivity (Wildman–Crippen MR) is 96.6 cm³/mol. The maximum atomic E-state index is 12.4. The topological polar surface area (TPSA) is 35.6 Å². The summed E-state index contributed by atoms with van der Waals surface area (Å²) in [6, 6.07) is 0.804. The van der Waals surface area contributed by atoms with E-state index >= 15 is 0 Å². The van der Waals surface area contributed by atoms with Crippen LogP contribution in [0, 0.1) is 17.3 Å². The highest BCUT2D eigenvalue weighted by atomic mass is 16.2. The van der Waals surface area contributed by atoms with Crippen molar-refractivity contribution in [2.75, 3.05) is 32.7 Å². The van der Waals surface area contributed by atoms with E-state index in [2.05, 4.69) is 44.8 Å². The molecule has 1 N–H and O–H groups in total. The number of nitrogens with zero attached hydrogens (tertiary/aromatic N) is 2. The lowest BCUT2D eigenvalue weighted by molar-refractivity contribution is 0.118. The zero-order chi connectivity index (χ0) is 17.0. The van der Waals surface area contributed by atoms with Crippen LogP contribution in [0.3, 0.4) is 0 Å². The van der Waals surface area contributed by atoms with Gasteiger partial charge in [-0.05, 0) is 69.9 Å². The lowest BCUT2D eigenvalue weighted by Gasteiger charge is -2.39. The van der Waals surface area contributed by atoms with Crippen molar-refractivity contribution in [3.05, 3.63) is 0 Å². The molecule has 0 aromatic heterocycles. The molecule has 0 aromatic rings. The highest BCUT2D eigenvalue weighted by molar-refractivity contribution is 5.74. The van der Waals surface area contributed by atoms with E-state index in [0.29, 0.717) is 17.4 Å². The standard InChI is InChI=1S/C19H37N3O/c1-15(2)21-10-6-16(7-11-21)14-20-18(23)22-12-8-17(9-13-22)19(3,4)5/h15-17H,6-14H2,1-5H3,(H,20,23). The largest absolute Gasteiger partial charge is 0.338 e. The Balaban J connectivity index is 1.66. The Kier molecular flexibility index (Phi) is 6.35. The maximum absolute atomic E-state index is 12.4. The molecule has 0 aromatic carbocycles. The van der Waals surface area contributed by atoms with Crippen LogP contribution in [-0.2, 0) is 0 Å². The Morgan fingerprint density at radius 1 is 1.04 bits per heavy atom. The van der Waals surface area contributed by atoms with Crippen molar-refractivity contribution in [2.24, 2.45) is 17.3 Å². The van der Waals surface area contributed by atoms with E-state index in [1.807, 2.05) is 4.90 Å². The zero-order valence-electron chi connectivity index (χ0n) is 15.9. The SMILES string of the molecule is CC(C)N1CCC(CNC(=O)N2CCC(C(C)(C)C)CC2)CC1. The molecule has 0 aliphatic carbocycles. The Hall–Kier alpha value is -0.770. The second kappa shape index (κ2) is 7.87. The van der Waals surface area contributed by atoms with Crippen molar-refractivity contribution >= 4 is 6.03 Å². The fourth-order valence-electron chi connectivity index (χ4n) is 3.97. The Bertz CT molecular complexity index is 373. The quantitative estimate of drug-likeness (QED) is 0.862. The zero-order valence-corrected chi connectivity index (χ0v) is 15.9. The first-order chi connectivity index (χ1) is 10.8. The van der Waals surface area contributed by atoms with Gasteiger partial charge in [-0.2, -0.15) is 0 Å². The van der Waals surface area contributed by atoms with Gasteiger partial charge < -0.3 is 15.1 Å². The van der Waals surface area contributed by atoms with Gasteiger partial charge in [-0.15, -0.1) is 0 Å². The molecule has 4 heteroatoms. The van der Waals surface area contributed by atoms with Gasteiger partial charge in [-0.1, -0.05) is 20.8 Å². The molecule has 0 atom stereocenters. The molecule has 0 radical (unpaired) electrons. The summed E-state index contributed by atoms with van der Waals surface area (Å²) in [6.45, 7) is 16.5. The number of carbonyl (C=O) groups excluding carboxylic acids is 1. The third-order valence-corrected chi connectivity index (χ3v) is 5.93. The van der Waals surface area contributed by atoms with Crippen LogP contribution < -0.4 is 5.32 Å². The van der Waals surface area contributed by atoms with Crippen LogP contribution in [0.5, 0.6) is 0 Å². The van der Waals surface area contributed by atoms with E-state index in [4.69, 9.17) is 0 Å². The van der Waals surface area contributed by atoms with E-state index in [9.17, 15) is 4.79 Å². The number of hydrogen-bond donors (Lipinski definition) is 1. The van der Waals surface area contributed by atoms with Crippen LogP contribution in [0.1, 0.15) is 60.3 Å². The van der Waals surface area contributed by atoms with Crippen LogP contribution in [0.25, 0.3) is 0 Å². The number of hydrogen-bond acceptors (Lipinski definition) is 2. The minimum atomic E-state index is 0.156. The lowest BCUT2D eigenvalue weighted by Crippen LogP contribution is -2.48. The number of nitrogens with one attached hydrogen (secondary N) is 1. The van der Waals surface area contributed by atoms with Crippen LogP contribution in [0.2, 0.25) is 0 Å². The smallest absolute Gasteiger partial charge is 0.317 e. The van der Waals surface area contributed by atoms with Gasteiger partial charge in [0.1, 0.15) is 0 Å². The maximum Gasteiger partial charge on any atom is 0.317 e. The van der Waals surface area contributed by atoms with Gasteiger partial charge in [-0.3, -0.25) is 0 Å². The molecule has 2 heterocycles.